The molecule has 1 saturated heterocycles. The van der Waals surface area contributed by atoms with Crippen LogP contribution in [0.3, 0.4) is 0 Å². The molecule has 0 unspecified atom stereocenters. The van der Waals surface area contributed by atoms with Crippen LogP contribution in [0, 0.1) is 0 Å². The monoisotopic (exact) mass is 417 g/mol. The van der Waals surface area contributed by atoms with Crippen molar-refractivity contribution in [2.45, 2.75) is 18.8 Å². The Morgan fingerprint density at radius 1 is 1.10 bits per heavy atom. The van der Waals surface area contributed by atoms with Crippen molar-refractivity contribution in [3.8, 4) is 16.2 Å². The number of piperidine rings is 1. The van der Waals surface area contributed by atoms with E-state index in [-0.39, 0.29) is 5.91 Å². The first-order valence-corrected chi connectivity index (χ1v) is 11.0. The second-order valence-corrected chi connectivity index (χ2v) is 8.63. The van der Waals surface area contributed by atoms with Crippen molar-refractivity contribution in [3.05, 3.63) is 71.4 Å². The molecule has 2 aromatic carbocycles. The highest BCUT2D eigenvalue weighted by atomic mass is 32.1. The summed E-state index contributed by atoms with van der Waals surface area (Å²) in [5, 5.41) is 0. The number of benzene rings is 2. The van der Waals surface area contributed by atoms with Crippen molar-refractivity contribution in [2.75, 3.05) is 20.2 Å². The lowest BCUT2D eigenvalue weighted by molar-refractivity contribution is 0.0713. The Hall–Kier alpha value is -3.12. The van der Waals surface area contributed by atoms with E-state index < -0.39 is 0 Å². The fourth-order valence-electron chi connectivity index (χ4n) is 4.09. The predicted octanol–water partition coefficient (Wildman–Crippen LogP) is 5.32. The van der Waals surface area contributed by atoms with Crippen LogP contribution in [0.25, 0.3) is 21.5 Å². The smallest absolute Gasteiger partial charge is 0.267 e. The van der Waals surface area contributed by atoms with Gasteiger partial charge >= 0.3 is 0 Å². The number of nitrogens with one attached hydrogen (secondary N) is 1. The van der Waals surface area contributed by atoms with Crippen molar-refractivity contribution in [1.29, 1.82) is 0 Å². The highest BCUT2D eigenvalue weighted by molar-refractivity contribution is 7.17. The van der Waals surface area contributed by atoms with Gasteiger partial charge in [-0.3, -0.25) is 4.79 Å². The van der Waals surface area contributed by atoms with Crippen LogP contribution in [0.2, 0.25) is 0 Å². The number of aromatic nitrogens is 2. The molecule has 152 valence electrons. The van der Waals surface area contributed by atoms with E-state index in [4.69, 9.17) is 9.72 Å². The summed E-state index contributed by atoms with van der Waals surface area (Å²) in [6.45, 7) is 1.45. The van der Waals surface area contributed by atoms with Crippen LogP contribution >= 0.6 is 11.3 Å². The summed E-state index contributed by atoms with van der Waals surface area (Å²) in [7, 11) is 1.63. The molecule has 4 aromatic rings. The molecule has 0 saturated carbocycles. The average molecular weight is 418 g/mol. The second kappa shape index (κ2) is 7.95. The van der Waals surface area contributed by atoms with Crippen molar-refractivity contribution in [1.82, 2.24) is 14.9 Å². The molecule has 1 fully saturated rings. The minimum atomic E-state index is 0.0575. The molecule has 1 N–H and O–H groups in total. The predicted molar refractivity (Wildman–Crippen MR) is 120 cm³/mol. The highest BCUT2D eigenvalue weighted by Crippen LogP contribution is 2.38. The van der Waals surface area contributed by atoms with E-state index in [0.29, 0.717) is 16.5 Å². The van der Waals surface area contributed by atoms with E-state index in [2.05, 4.69) is 23.2 Å². The number of thiophene rings is 1. The Morgan fingerprint density at radius 3 is 2.57 bits per heavy atom. The SMILES string of the molecule is COc1cc(-c2ccccc2)sc1C(=O)N1CCC(c2nc3ccccc3[nH]2)CC1. The van der Waals surface area contributed by atoms with Gasteiger partial charge in [0, 0.05) is 23.9 Å². The number of carbonyl (C=O) groups is 1. The molecule has 0 bridgehead atoms. The van der Waals surface area contributed by atoms with Crippen LogP contribution in [0.5, 0.6) is 5.75 Å². The number of rotatable bonds is 4. The van der Waals surface area contributed by atoms with Crippen LogP contribution < -0.4 is 4.74 Å². The molecular formula is C24H23N3O2S. The molecule has 6 heteroatoms. The van der Waals surface area contributed by atoms with Gasteiger partial charge in [0.1, 0.15) is 16.5 Å². The summed E-state index contributed by atoms with van der Waals surface area (Å²) >= 11 is 1.50. The first-order valence-electron chi connectivity index (χ1n) is 10.2. The topological polar surface area (TPSA) is 58.2 Å². The number of methoxy groups -OCH3 is 1. The number of H-pyrrole nitrogens is 1. The average Bonchev–Trinajstić information content (AvgIpc) is 3.44. The molecule has 0 radical (unpaired) electrons. The summed E-state index contributed by atoms with van der Waals surface area (Å²) in [6, 6.07) is 20.2. The molecule has 0 spiro atoms. The van der Waals surface area contributed by atoms with Crippen LogP contribution in [0.4, 0.5) is 0 Å². The molecule has 2 aromatic heterocycles. The molecule has 5 nitrogen and oxygen atoms in total. The molecule has 30 heavy (non-hydrogen) atoms. The van der Waals surface area contributed by atoms with Crippen LogP contribution in [0.15, 0.2) is 60.7 Å². The molecular weight excluding hydrogens is 394 g/mol. The molecule has 1 aliphatic heterocycles. The zero-order chi connectivity index (χ0) is 20.5. The largest absolute Gasteiger partial charge is 0.495 e. The number of fused-ring (bicyclic) bond motifs is 1. The maximum Gasteiger partial charge on any atom is 0.267 e. The molecule has 1 aliphatic rings. The second-order valence-electron chi connectivity index (χ2n) is 7.58. The highest BCUT2D eigenvalue weighted by Gasteiger charge is 2.29. The summed E-state index contributed by atoms with van der Waals surface area (Å²) in [6.07, 6.45) is 1.82. The van der Waals surface area contributed by atoms with Crippen molar-refractivity contribution in [2.24, 2.45) is 0 Å². The molecule has 3 heterocycles. The van der Waals surface area contributed by atoms with Gasteiger partial charge in [0.15, 0.2) is 0 Å². The van der Waals surface area contributed by atoms with Crippen LogP contribution in [0.1, 0.15) is 34.3 Å². The number of nitrogens with zero attached hydrogens (tertiary/aromatic N) is 2. The van der Waals surface area contributed by atoms with Gasteiger partial charge in [-0.05, 0) is 36.6 Å². The number of carbonyl (C=O) groups excluding carboxylic acids is 1. The number of likely N-dealkylation sites (tertiary alicyclic amines) is 1. The van der Waals surface area contributed by atoms with Gasteiger partial charge in [0.2, 0.25) is 0 Å². The van der Waals surface area contributed by atoms with Crippen LogP contribution in [-0.4, -0.2) is 41.0 Å². The van der Waals surface area contributed by atoms with Gasteiger partial charge in [-0.25, -0.2) is 4.98 Å². The Morgan fingerprint density at radius 2 is 1.83 bits per heavy atom. The summed E-state index contributed by atoms with van der Waals surface area (Å²) in [5.41, 5.74) is 3.17. The number of imidazole rings is 1. The molecule has 0 aliphatic carbocycles. The van der Waals surface area contributed by atoms with Gasteiger partial charge < -0.3 is 14.6 Å². The summed E-state index contributed by atoms with van der Waals surface area (Å²) < 4.78 is 5.53. The van der Waals surface area contributed by atoms with Crippen molar-refractivity contribution < 1.29 is 9.53 Å². The minimum absolute atomic E-state index is 0.0575. The summed E-state index contributed by atoms with van der Waals surface area (Å²) in [4.78, 5) is 25.1. The lowest BCUT2D eigenvalue weighted by atomic mass is 9.96. The minimum Gasteiger partial charge on any atom is -0.495 e. The third kappa shape index (κ3) is 3.48. The Bertz CT molecular complexity index is 1140. The maximum atomic E-state index is 13.2. The molecule has 5 rings (SSSR count). The van der Waals surface area contributed by atoms with Crippen LogP contribution in [-0.2, 0) is 0 Å². The zero-order valence-electron chi connectivity index (χ0n) is 16.8. The number of ether oxygens (including phenoxy) is 1. The first kappa shape index (κ1) is 18.9. The van der Waals surface area contributed by atoms with Gasteiger partial charge in [-0.1, -0.05) is 42.5 Å². The quantitative estimate of drug-likeness (QED) is 0.489. The van der Waals surface area contributed by atoms with Gasteiger partial charge in [0.25, 0.3) is 5.91 Å². The standard InChI is InChI=1S/C24H23N3O2S/c1-29-20-15-21(16-7-3-2-4-8-16)30-22(20)24(28)27-13-11-17(12-14-27)23-25-18-9-5-6-10-19(18)26-23/h2-10,15,17H,11-14H2,1H3,(H,25,26). The Kier molecular flexibility index (Phi) is 5.01. The zero-order valence-corrected chi connectivity index (χ0v) is 17.6. The molecule has 0 atom stereocenters. The van der Waals surface area contributed by atoms with E-state index in [9.17, 15) is 4.79 Å². The van der Waals surface area contributed by atoms with E-state index in [1.165, 1.54) is 11.3 Å². The van der Waals surface area contributed by atoms with Gasteiger partial charge in [0.05, 0.1) is 18.1 Å². The fourth-order valence-corrected chi connectivity index (χ4v) is 5.18. The van der Waals surface area contributed by atoms with E-state index in [1.54, 1.807) is 7.11 Å². The summed E-state index contributed by atoms with van der Waals surface area (Å²) in [5.74, 6) is 2.10. The normalized spacial score (nSPS) is 14.9. The van der Waals surface area contributed by atoms with E-state index in [1.807, 2.05) is 47.4 Å². The maximum absolute atomic E-state index is 13.2. The first-order chi connectivity index (χ1) is 14.7. The lowest BCUT2D eigenvalue weighted by Gasteiger charge is -2.31. The molecule has 1 amide bonds. The fraction of sp³-hybridized carbons (Fsp3) is 0.250. The van der Waals surface area contributed by atoms with Crippen molar-refractivity contribution in [3.63, 3.8) is 0 Å². The lowest BCUT2D eigenvalue weighted by Crippen LogP contribution is -2.37. The van der Waals surface area contributed by atoms with Crippen molar-refractivity contribution >= 4 is 28.3 Å². The number of aromatic amines is 1. The number of para-hydroxylation sites is 2. The Balaban J connectivity index is 1.31. The van der Waals surface area contributed by atoms with Gasteiger partial charge in [-0.2, -0.15) is 0 Å². The number of hydrogen-bond donors (Lipinski definition) is 1. The third-order valence-electron chi connectivity index (χ3n) is 5.75. The van der Waals surface area contributed by atoms with E-state index >= 15 is 0 Å². The third-order valence-corrected chi connectivity index (χ3v) is 6.90. The van der Waals surface area contributed by atoms with Gasteiger partial charge in [-0.15, -0.1) is 11.3 Å². The number of hydrogen-bond acceptors (Lipinski definition) is 4. The number of amides is 1. The van der Waals surface area contributed by atoms with E-state index in [0.717, 1.165) is 53.2 Å². The Labute approximate surface area is 179 Å².